The van der Waals surface area contributed by atoms with Crippen molar-refractivity contribution in [1.82, 2.24) is 0 Å². The van der Waals surface area contributed by atoms with Crippen LogP contribution in [0.4, 0.5) is 0 Å². The summed E-state index contributed by atoms with van der Waals surface area (Å²) in [6.07, 6.45) is -1.03. The van der Waals surface area contributed by atoms with E-state index < -0.39 is 31.4 Å². The van der Waals surface area contributed by atoms with Crippen molar-refractivity contribution < 1.29 is 28.0 Å². The van der Waals surface area contributed by atoms with Crippen LogP contribution in [0.25, 0.3) is 0 Å². The van der Waals surface area contributed by atoms with E-state index in [1.807, 2.05) is 0 Å². The number of carboxylic acid groups (broad SMARTS) is 1. The third kappa shape index (κ3) is 3.78. The normalized spacial score (nSPS) is 17.9. The number of carboxylic acids is 1. The molecule has 0 saturated heterocycles. The molecule has 0 aliphatic rings. The Morgan fingerprint density at radius 2 is 1.64 bits per heavy atom. The Kier molecular flexibility index (Phi) is 2.86. The van der Waals surface area contributed by atoms with Crippen LogP contribution in [0.3, 0.4) is 0 Å². The number of halogens is 1. The maximum absolute atomic E-state index is 11.6. The van der Waals surface area contributed by atoms with Gasteiger partial charge in [0.1, 0.15) is 11.9 Å². The molecule has 2 aromatic rings. The number of hydrogen-bond donors (Lipinski definition) is 2. The summed E-state index contributed by atoms with van der Waals surface area (Å²) < 4.78 is 49.6. The highest BCUT2D eigenvalue weighted by Gasteiger charge is 2.29. The van der Waals surface area contributed by atoms with Crippen LogP contribution >= 0.6 is 11.6 Å². The molecule has 0 aliphatic heterocycles. The smallest absolute Gasteiger partial charge is 0.347 e. The fraction of sp³-hybridized carbons (Fsp3) is 0.235. The van der Waals surface area contributed by atoms with Crippen molar-refractivity contribution >= 4 is 17.6 Å². The number of hydrogen-bond acceptors (Lipinski definition) is 3. The van der Waals surface area contributed by atoms with E-state index in [2.05, 4.69) is 0 Å². The molecular weight excluding hydrogens is 304 g/mol. The highest BCUT2D eigenvalue weighted by molar-refractivity contribution is 6.30. The van der Waals surface area contributed by atoms with Gasteiger partial charge in [-0.2, -0.15) is 0 Å². The van der Waals surface area contributed by atoms with Gasteiger partial charge in [0.15, 0.2) is 5.60 Å². The number of aliphatic carboxylic acids is 1. The molecule has 0 amide bonds. The predicted molar refractivity (Wildman–Crippen MR) is 84.3 cm³/mol. The van der Waals surface area contributed by atoms with Crippen LogP contribution in [0.15, 0.2) is 48.5 Å². The molecule has 0 fully saturated rings. The number of aliphatic hydroxyl groups is 1. The molecule has 116 valence electrons. The highest BCUT2D eigenvalue weighted by Crippen LogP contribution is 2.26. The molecule has 4 nitrogen and oxygen atoms in total. The molecule has 1 unspecified atom stereocenters. The topological polar surface area (TPSA) is 66.8 Å². The second-order valence-corrected chi connectivity index (χ2v) is 5.05. The Morgan fingerprint density at radius 1 is 1.14 bits per heavy atom. The lowest BCUT2D eigenvalue weighted by Crippen LogP contribution is -2.37. The Balaban J connectivity index is 2.36. The van der Waals surface area contributed by atoms with E-state index in [-0.39, 0.29) is 5.75 Å². The fourth-order valence-electron chi connectivity index (χ4n) is 1.78. The lowest BCUT2D eigenvalue weighted by molar-refractivity contribution is -0.152. The number of benzene rings is 2. The van der Waals surface area contributed by atoms with Gasteiger partial charge in [0, 0.05) is 13.2 Å². The van der Waals surface area contributed by atoms with Crippen molar-refractivity contribution in [3.05, 3.63) is 64.7 Å². The van der Waals surface area contributed by atoms with Gasteiger partial charge in [-0.1, -0.05) is 35.9 Å². The molecule has 2 aromatic carbocycles. The Labute approximate surface area is 142 Å². The molecule has 0 saturated carbocycles. The van der Waals surface area contributed by atoms with E-state index in [4.69, 9.17) is 24.6 Å². The first kappa shape index (κ1) is 9.87. The van der Waals surface area contributed by atoms with Crippen LogP contribution in [0.1, 0.15) is 39.2 Å². The van der Waals surface area contributed by atoms with Gasteiger partial charge in [-0.15, -0.1) is 0 Å². The summed E-state index contributed by atoms with van der Waals surface area (Å²) in [5, 5.41) is 20.3. The second kappa shape index (κ2) is 6.38. The predicted octanol–water partition coefficient (Wildman–Crippen LogP) is 3.66. The molecule has 0 heterocycles. The van der Waals surface area contributed by atoms with Crippen molar-refractivity contribution in [3.63, 3.8) is 0 Å². The third-order valence-corrected chi connectivity index (χ3v) is 3.21. The van der Waals surface area contributed by atoms with Gasteiger partial charge in [0.25, 0.3) is 0 Å². The summed E-state index contributed by atoms with van der Waals surface area (Å²) in [5.41, 5.74) is -2.49. The van der Waals surface area contributed by atoms with Gasteiger partial charge in [-0.25, -0.2) is 4.79 Å². The zero-order valence-electron chi connectivity index (χ0n) is 17.3. The van der Waals surface area contributed by atoms with E-state index in [0.29, 0.717) is 16.1 Å². The summed E-state index contributed by atoms with van der Waals surface area (Å²) in [7, 11) is 0. The summed E-state index contributed by atoms with van der Waals surface area (Å²) in [5.74, 6) is -2.40. The largest absolute Gasteiger partial charge is 0.478 e. The van der Waals surface area contributed by atoms with Crippen LogP contribution < -0.4 is 4.74 Å². The minimum absolute atomic E-state index is 0.276. The Hall–Kier alpha value is -2.04. The van der Waals surface area contributed by atoms with Gasteiger partial charge in [-0.05, 0) is 49.1 Å². The van der Waals surface area contributed by atoms with E-state index in [0.717, 1.165) is 0 Å². The van der Waals surface area contributed by atoms with Gasteiger partial charge >= 0.3 is 5.97 Å². The summed E-state index contributed by atoms with van der Waals surface area (Å²) in [6.45, 7) is -6.93. The van der Waals surface area contributed by atoms with Gasteiger partial charge < -0.3 is 14.9 Å². The fourth-order valence-corrected chi connectivity index (χ4v) is 1.90. The minimum atomic E-state index is -3.47. The van der Waals surface area contributed by atoms with Crippen molar-refractivity contribution in [2.75, 3.05) is 0 Å². The van der Waals surface area contributed by atoms with Crippen LogP contribution in [0.5, 0.6) is 5.75 Å². The van der Waals surface area contributed by atoms with Crippen molar-refractivity contribution in [1.29, 1.82) is 0 Å². The lowest BCUT2D eigenvalue weighted by Gasteiger charge is -2.21. The van der Waals surface area contributed by atoms with Crippen LogP contribution in [0.2, 0.25) is 5.02 Å². The maximum Gasteiger partial charge on any atom is 0.347 e. The summed E-state index contributed by atoms with van der Waals surface area (Å²) in [6, 6.07) is 11.6. The first-order valence-electron chi connectivity index (χ1n) is 9.25. The van der Waals surface area contributed by atoms with Crippen molar-refractivity contribution in [2.24, 2.45) is 0 Å². The lowest BCUT2D eigenvalue weighted by atomic mass is 10.0. The monoisotopic (exact) mass is 326 g/mol. The van der Waals surface area contributed by atoms with Crippen LogP contribution in [-0.4, -0.2) is 21.8 Å². The molecule has 22 heavy (non-hydrogen) atoms. The first-order chi connectivity index (χ1) is 12.8. The molecule has 1 atom stereocenters. The van der Waals surface area contributed by atoms with E-state index in [1.165, 1.54) is 24.3 Å². The maximum atomic E-state index is 11.6. The van der Waals surface area contributed by atoms with Gasteiger partial charge in [0.05, 0.1) is 0 Å². The standard InChI is InChI=1S/C17H17ClO4/c1-17(2,16(20)21)22-14-9-5-12(6-10-14)15(19)11-3-7-13(18)8-4-11/h3-10,15,19H,1-2H3,(H,20,21)/i1D3,2D3. The first-order valence-corrected chi connectivity index (χ1v) is 6.63. The SMILES string of the molecule is [2H]C([2H])([2H])C(Oc1ccc(C(O)c2ccc(Cl)cc2)cc1)(C(=O)O)C([2H])([2H])[2H]. The highest BCUT2D eigenvalue weighted by atomic mass is 35.5. The molecule has 2 N–H and O–H groups in total. The van der Waals surface area contributed by atoms with E-state index in [9.17, 15) is 15.0 Å². The molecule has 0 spiro atoms. The number of ether oxygens (including phenoxy) is 1. The van der Waals surface area contributed by atoms with Crippen LogP contribution in [0, 0.1) is 0 Å². The van der Waals surface area contributed by atoms with Crippen LogP contribution in [-0.2, 0) is 4.79 Å². The van der Waals surface area contributed by atoms with E-state index >= 15 is 0 Å². The number of carbonyl (C=O) groups is 1. The van der Waals surface area contributed by atoms with E-state index in [1.54, 1.807) is 24.3 Å². The molecule has 0 aromatic heterocycles. The van der Waals surface area contributed by atoms with Crippen molar-refractivity contribution in [3.8, 4) is 5.75 Å². The average molecular weight is 327 g/mol. The molecule has 5 heteroatoms. The third-order valence-electron chi connectivity index (χ3n) is 2.95. The molecule has 0 aliphatic carbocycles. The zero-order chi connectivity index (χ0) is 21.3. The Morgan fingerprint density at radius 3 is 2.09 bits per heavy atom. The molecular formula is C17H17ClO4. The number of aliphatic hydroxyl groups excluding tert-OH is 1. The summed E-state index contributed by atoms with van der Waals surface area (Å²) in [4.78, 5) is 11.6. The Bertz CT molecular complexity index is 817. The molecule has 0 bridgehead atoms. The molecule has 2 rings (SSSR count). The number of rotatable bonds is 5. The average Bonchev–Trinajstić information content (AvgIpc) is 2.57. The summed E-state index contributed by atoms with van der Waals surface area (Å²) >= 11 is 5.81. The van der Waals surface area contributed by atoms with Crippen molar-refractivity contribution in [2.45, 2.75) is 25.4 Å². The quantitative estimate of drug-likeness (QED) is 0.880. The zero-order valence-corrected chi connectivity index (χ0v) is 12.0. The second-order valence-electron chi connectivity index (χ2n) is 4.61. The molecule has 0 radical (unpaired) electrons. The van der Waals surface area contributed by atoms with Gasteiger partial charge in [0.2, 0.25) is 0 Å². The minimum Gasteiger partial charge on any atom is -0.478 e. The van der Waals surface area contributed by atoms with Gasteiger partial charge in [-0.3, -0.25) is 0 Å².